The summed E-state index contributed by atoms with van der Waals surface area (Å²) in [7, 11) is 0. The molecule has 1 heterocycles. The van der Waals surface area contributed by atoms with Gasteiger partial charge < -0.3 is 0 Å². The molecule has 3 aromatic rings. The van der Waals surface area contributed by atoms with Crippen molar-refractivity contribution >= 4 is 34.8 Å². The van der Waals surface area contributed by atoms with Crippen LogP contribution in [0.15, 0.2) is 67.3 Å². The molecular weight excluding hydrogens is 309 g/mol. The Balaban J connectivity index is 2.03. The molecular formula is C18H17NSe. The maximum atomic E-state index is 3.83. The molecule has 0 saturated heterocycles. The van der Waals surface area contributed by atoms with E-state index in [9.17, 15) is 0 Å². The van der Waals surface area contributed by atoms with Crippen molar-refractivity contribution in [3.63, 3.8) is 0 Å². The van der Waals surface area contributed by atoms with Crippen molar-refractivity contribution in [1.29, 1.82) is 0 Å². The Morgan fingerprint density at radius 2 is 1.75 bits per heavy atom. The molecule has 0 aliphatic rings. The number of hydrogen-bond acceptors (Lipinski definition) is 0. The second-order valence-electron chi connectivity index (χ2n) is 4.72. The van der Waals surface area contributed by atoms with Gasteiger partial charge in [0.2, 0.25) is 0 Å². The molecule has 0 unspecified atom stereocenters. The summed E-state index contributed by atoms with van der Waals surface area (Å²) in [6, 6.07) is 19.4. The molecule has 0 radical (unpaired) electrons. The molecule has 0 spiro atoms. The molecule has 100 valence electrons. The molecule has 0 bridgehead atoms. The van der Waals surface area contributed by atoms with Gasteiger partial charge in [-0.2, -0.15) is 0 Å². The summed E-state index contributed by atoms with van der Waals surface area (Å²) in [5.41, 5.74) is 2.62. The van der Waals surface area contributed by atoms with Gasteiger partial charge in [-0.1, -0.05) is 0 Å². The number of fused-ring (bicyclic) bond motifs is 1. The Hall–Kier alpha value is -1.76. The molecule has 0 fully saturated rings. The first-order valence-corrected chi connectivity index (χ1v) is 8.53. The number of allylic oxidation sites excluding steroid dienone is 1. The van der Waals surface area contributed by atoms with E-state index < -0.39 is 0 Å². The molecule has 0 amide bonds. The van der Waals surface area contributed by atoms with E-state index >= 15 is 0 Å². The topological polar surface area (TPSA) is 15.8 Å². The van der Waals surface area contributed by atoms with Crippen molar-refractivity contribution in [2.45, 2.75) is 12.8 Å². The van der Waals surface area contributed by atoms with Crippen LogP contribution >= 0.6 is 0 Å². The molecule has 1 N–H and O–H groups in total. The minimum absolute atomic E-state index is 0.345. The summed E-state index contributed by atoms with van der Waals surface area (Å²) in [4.78, 5) is 3.59. The van der Waals surface area contributed by atoms with Crippen LogP contribution in [0.25, 0.3) is 10.9 Å². The SMILES string of the molecule is C=CCCc1[nH]c2ccccc2c1[Se]c1ccccc1. The van der Waals surface area contributed by atoms with Crippen molar-refractivity contribution in [3.8, 4) is 0 Å². The van der Waals surface area contributed by atoms with E-state index in [4.69, 9.17) is 0 Å². The molecule has 1 nitrogen and oxygen atoms in total. The molecule has 0 atom stereocenters. The van der Waals surface area contributed by atoms with Crippen molar-refractivity contribution in [1.82, 2.24) is 4.98 Å². The number of nitrogens with one attached hydrogen (secondary N) is 1. The van der Waals surface area contributed by atoms with Crippen LogP contribution in [0, 0.1) is 0 Å². The zero-order chi connectivity index (χ0) is 13.8. The number of para-hydroxylation sites is 1. The average molecular weight is 326 g/mol. The molecule has 2 heteroatoms. The Morgan fingerprint density at radius 1 is 1.00 bits per heavy atom. The van der Waals surface area contributed by atoms with E-state index in [1.165, 1.54) is 25.5 Å². The summed E-state index contributed by atoms with van der Waals surface area (Å²) in [6.45, 7) is 3.83. The van der Waals surface area contributed by atoms with Gasteiger partial charge in [-0.25, -0.2) is 0 Å². The second-order valence-corrected chi connectivity index (χ2v) is 6.99. The predicted molar refractivity (Wildman–Crippen MR) is 88.3 cm³/mol. The Bertz CT molecular complexity index is 713. The third kappa shape index (κ3) is 2.72. The third-order valence-electron chi connectivity index (χ3n) is 3.29. The normalized spacial score (nSPS) is 10.8. The van der Waals surface area contributed by atoms with Gasteiger partial charge in [-0.15, -0.1) is 0 Å². The molecule has 2 aromatic carbocycles. The molecule has 0 saturated carbocycles. The van der Waals surface area contributed by atoms with E-state index in [-0.39, 0.29) is 0 Å². The number of rotatable bonds is 5. The summed E-state index contributed by atoms with van der Waals surface area (Å²) >= 11 is 0.345. The van der Waals surface area contributed by atoms with Crippen LogP contribution in [-0.4, -0.2) is 19.9 Å². The van der Waals surface area contributed by atoms with Crippen molar-refractivity contribution in [3.05, 3.63) is 72.9 Å². The van der Waals surface area contributed by atoms with Gasteiger partial charge in [0, 0.05) is 0 Å². The zero-order valence-electron chi connectivity index (χ0n) is 11.3. The molecule has 1 aromatic heterocycles. The quantitative estimate of drug-likeness (QED) is 0.548. The van der Waals surface area contributed by atoms with Crippen LogP contribution in [0.1, 0.15) is 12.1 Å². The van der Waals surface area contributed by atoms with Crippen LogP contribution in [0.5, 0.6) is 0 Å². The summed E-state index contributed by atoms with van der Waals surface area (Å²) in [6.07, 6.45) is 4.05. The fourth-order valence-corrected chi connectivity index (χ4v) is 4.61. The fourth-order valence-electron chi connectivity index (χ4n) is 2.32. The minimum atomic E-state index is 0.345. The molecule has 0 aliphatic carbocycles. The number of hydrogen-bond donors (Lipinski definition) is 1. The summed E-state index contributed by atoms with van der Waals surface area (Å²) in [5.74, 6) is 0. The standard InChI is InChI=1S/C18H17NSe/c1-2-3-12-17-18(20-14-9-5-4-6-10-14)15-11-7-8-13-16(15)19-17/h2,4-11,13,19H,1,3,12H2. The monoisotopic (exact) mass is 327 g/mol. The Labute approximate surface area is 125 Å². The van der Waals surface area contributed by atoms with Crippen LogP contribution in [0.3, 0.4) is 0 Å². The van der Waals surface area contributed by atoms with Crippen LogP contribution in [0.2, 0.25) is 0 Å². The number of benzene rings is 2. The van der Waals surface area contributed by atoms with E-state index in [2.05, 4.69) is 66.2 Å². The Kier molecular flexibility index (Phi) is 4.05. The number of aromatic nitrogens is 1. The molecule has 0 aliphatic heterocycles. The fraction of sp³-hybridized carbons (Fsp3) is 0.111. The average Bonchev–Trinajstić information content (AvgIpc) is 2.84. The van der Waals surface area contributed by atoms with Crippen molar-refractivity contribution in [2.75, 3.05) is 0 Å². The van der Waals surface area contributed by atoms with E-state index in [0.29, 0.717) is 15.0 Å². The van der Waals surface area contributed by atoms with Crippen LogP contribution < -0.4 is 8.92 Å². The van der Waals surface area contributed by atoms with Gasteiger partial charge in [0.25, 0.3) is 0 Å². The van der Waals surface area contributed by atoms with Gasteiger partial charge in [-0.3, -0.25) is 0 Å². The van der Waals surface area contributed by atoms with E-state index in [1.807, 2.05) is 6.08 Å². The first-order chi connectivity index (χ1) is 9.88. The maximum absolute atomic E-state index is 3.83. The van der Waals surface area contributed by atoms with Gasteiger partial charge in [-0.05, 0) is 0 Å². The summed E-state index contributed by atoms with van der Waals surface area (Å²) in [5, 5.41) is 1.37. The van der Waals surface area contributed by atoms with Crippen molar-refractivity contribution in [2.24, 2.45) is 0 Å². The molecule has 20 heavy (non-hydrogen) atoms. The van der Waals surface area contributed by atoms with Crippen molar-refractivity contribution < 1.29 is 0 Å². The van der Waals surface area contributed by atoms with E-state index in [1.54, 1.807) is 0 Å². The van der Waals surface area contributed by atoms with Gasteiger partial charge >= 0.3 is 126 Å². The third-order valence-corrected chi connectivity index (χ3v) is 5.77. The molecule has 3 rings (SSSR count). The number of aromatic amines is 1. The second kappa shape index (κ2) is 6.13. The van der Waals surface area contributed by atoms with Gasteiger partial charge in [0.15, 0.2) is 0 Å². The predicted octanol–water partition coefficient (Wildman–Crippen LogP) is 2.94. The van der Waals surface area contributed by atoms with E-state index in [0.717, 1.165) is 12.8 Å². The van der Waals surface area contributed by atoms with Gasteiger partial charge in [0.1, 0.15) is 0 Å². The van der Waals surface area contributed by atoms with Gasteiger partial charge in [0.05, 0.1) is 0 Å². The number of H-pyrrole nitrogens is 1. The first-order valence-electron chi connectivity index (χ1n) is 6.82. The van der Waals surface area contributed by atoms with Crippen LogP contribution in [0.4, 0.5) is 0 Å². The van der Waals surface area contributed by atoms with Crippen LogP contribution in [-0.2, 0) is 6.42 Å². The Morgan fingerprint density at radius 3 is 2.55 bits per heavy atom. The summed E-state index contributed by atoms with van der Waals surface area (Å²) < 4.78 is 2.91. The number of aryl methyl sites for hydroxylation is 1. The zero-order valence-corrected chi connectivity index (χ0v) is 13.0. The first kappa shape index (κ1) is 13.2.